The highest BCUT2D eigenvalue weighted by atomic mass is 32.2. The molecule has 0 fully saturated rings. The van der Waals surface area contributed by atoms with Gasteiger partial charge in [0.05, 0.1) is 12.6 Å². The van der Waals surface area contributed by atoms with Gasteiger partial charge in [-0.2, -0.15) is 0 Å². The van der Waals surface area contributed by atoms with Crippen molar-refractivity contribution in [3.63, 3.8) is 0 Å². The summed E-state index contributed by atoms with van der Waals surface area (Å²) in [7, 11) is 1.85. The van der Waals surface area contributed by atoms with Gasteiger partial charge in [0.2, 0.25) is 0 Å². The predicted octanol–water partition coefficient (Wildman–Crippen LogP) is 5.42. The summed E-state index contributed by atoms with van der Waals surface area (Å²) in [6.45, 7) is 2.28. The van der Waals surface area contributed by atoms with Gasteiger partial charge in [-0.3, -0.25) is 4.79 Å². The zero-order valence-electron chi connectivity index (χ0n) is 19.2. The normalized spacial score (nSPS) is 11.8. The molecule has 1 heterocycles. The Kier molecular flexibility index (Phi) is 7.77. The maximum atomic E-state index is 13.1. The molecule has 0 radical (unpaired) electrons. The van der Waals surface area contributed by atoms with Gasteiger partial charge in [0, 0.05) is 18.4 Å². The van der Waals surface area contributed by atoms with Gasteiger partial charge in [-0.1, -0.05) is 36.0 Å². The van der Waals surface area contributed by atoms with E-state index in [0.717, 1.165) is 11.1 Å². The summed E-state index contributed by atoms with van der Waals surface area (Å²) in [4.78, 5) is 12.7. The van der Waals surface area contributed by atoms with Crippen LogP contribution in [-0.2, 0) is 7.05 Å². The molecule has 4 aromatic rings. The van der Waals surface area contributed by atoms with Crippen LogP contribution in [0.4, 0.5) is 8.78 Å². The van der Waals surface area contributed by atoms with Gasteiger partial charge in [0.1, 0.15) is 17.4 Å². The Balaban J connectivity index is 1.30. The Morgan fingerprint density at radius 2 is 1.51 bits per heavy atom. The molecule has 0 aliphatic heterocycles. The van der Waals surface area contributed by atoms with Crippen LogP contribution < -0.4 is 10.1 Å². The van der Waals surface area contributed by atoms with Crippen LogP contribution in [0.15, 0.2) is 78.0 Å². The number of halogens is 2. The molecule has 3 aromatic carbocycles. The lowest BCUT2D eigenvalue weighted by Crippen LogP contribution is -2.28. The molecule has 35 heavy (non-hydrogen) atoms. The number of nitrogens with zero attached hydrogens (tertiary/aromatic N) is 3. The summed E-state index contributed by atoms with van der Waals surface area (Å²) in [6, 6.07) is 18.9. The van der Waals surface area contributed by atoms with Crippen LogP contribution in [0.5, 0.6) is 5.75 Å². The maximum absolute atomic E-state index is 13.1. The van der Waals surface area contributed by atoms with E-state index in [-0.39, 0.29) is 23.6 Å². The van der Waals surface area contributed by atoms with E-state index in [9.17, 15) is 13.6 Å². The lowest BCUT2D eigenvalue weighted by Gasteiger charge is -2.14. The van der Waals surface area contributed by atoms with Crippen molar-refractivity contribution in [2.75, 3.05) is 12.4 Å². The van der Waals surface area contributed by atoms with E-state index in [0.29, 0.717) is 34.7 Å². The maximum Gasteiger partial charge on any atom is 0.251 e. The highest BCUT2D eigenvalue weighted by Gasteiger charge is 2.18. The monoisotopic (exact) mass is 494 g/mol. The Morgan fingerprint density at radius 1 is 0.943 bits per heavy atom. The second-order valence-corrected chi connectivity index (χ2v) is 8.89. The minimum Gasteiger partial charge on any atom is -0.493 e. The fraction of sp³-hybridized carbons (Fsp3) is 0.192. The summed E-state index contributed by atoms with van der Waals surface area (Å²) >= 11 is 1.48. The van der Waals surface area contributed by atoms with E-state index in [1.165, 1.54) is 36.0 Å². The fourth-order valence-corrected chi connectivity index (χ4v) is 4.19. The average Bonchev–Trinajstić information content (AvgIpc) is 3.23. The Bertz CT molecular complexity index is 1280. The highest BCUT2D eigenvalue weighted by molar-refractivity contribution is 7.99. The number of thioether (sulfide) groups is 1. The van der Waals surface area contributed by atoms with Gasteiger partial charge in [-0.25, -0.2) is 8.78 Å². The Morgan fingerprint density at radius 3 is 2.14 bits per heavy atom. The van der Waals surface area contributed by atoms with Gasteiger partial charge >= 0.3 is 0 Å². The molecule has 1 aromatic heterocycles. The third-order valence-corrected chi connectivity index (χ3v) is 6.31. The van der Waals surface area contributed by atoms with Crippen LogP contribution in [0, 0.1) is 11.6 Å². The van der Waals surface area contributed by atoms with E-state index in [1.54, 1.807) is 36.4 Å². The van der Waals surface area contributed by atoms with Crippen molar-refractivity contribution in [3.05, 3.63) is 95.8 Å². The van der Waals surface area contributed by atoms with E-state index in [4.69, 9.17) is 4.74 Å². The lowest BCUT2D eigenvalue weighted by molar-refractivity contribution is 0.0937. The first-order valence-corrected chi connectivity index (χ1v) is 12.0. The number of aromatic nitrogens is 3. The van der Waals surface area contributed by atoms with Crippen molar-refractivity contribution < 1.29 is 18.3 Å². The predicted molar refractivity (Wildman–Crippen MR) is 131 cm³/mol. The van der Waals surface area contributed by atoms with Crippen molar-refractivity contribution in [1.29, 1.82) is 0 Å². The van der Waals surface area contributed by atoms with E-state index >= 15 is 0 Å². The SMILES string of the molecule is CC(NC(=O)c1ccc(-c2ccc(F)cc2)cc1)c1nnc(SCCOc2ccc(F)cc2)n1C. The summed E-state index contributed by atoms with van der Waals surface area (Å²) in [5.74, 6) is 1.04. The molecular weight excluding hydrogens is 470 g/mol. The third-order valence-electron chi connectivity index (χ3n) is 5.32. The summed E-state index contributed by atoms with van der Waals surface area (Å²) < 4.78 is 33.5. The molecule has 0 aliphatic rings. The number of carbonyl (C=O) groups is 1. The lowest BCUT2D eigenvalue weighted by atomic mass is 10.0. The molecule has 4 rings (SSSR count). The van der Waals surface area contributed by atoms with Gasteiger partial charge in [0.15, 0.2) is 11.0 Å². The minimum atomic E-state index is -0.360. The molecule has 9 heteroatoms. The van der Waals surface area contributed by atoms with E-state index in [2.05, 4.69) is 15.5 Å². The van der Waals surface area contributed by atoms with Gasteiger partial charge in [-0.15, -0.1) is 10.2 Å². The standard InChI is InChI=1S/C26H24F2N4O2S/c1-17(29-25(33)20-5-3-18(4-6-20)19-7-9-21(27)10-8-19)24-30-31-26(32(24)2)35-16-15-34-23-13-11-22(28)12-14-23/h3-14,17H,15-16H2,1-2H3,(H,29,33). The number of hydrogen-bond acceptors (Lipinski definition) is 5. The van der Waals surface area contributed by atoms with E-state index in [1.807, 2.05) is 30.7 Å². The molecule has 0 saturated heterocycles. The molecule has 1 N–H and O–H groups in total. The van der Waals surface area contributed by atoms with Crippen molar-refractivity contribution in [2.24, 2.45) is 7.05 Å². The molecule has 0 aliphatic carbocycles. The zero-order chi connectivity index (χ0) is 24.8. The summed E-state index contributed by atoms with van der Waals surface area (Å²) in [6.07, 6.45) is 0. The second kappa shape index (κ2) is 11.1. The quantitative estimate of drug-likeness (QED) is 0.249. The molecule has 0 bridgehead atoms. The zero-order valence-corrected chi connectivity index (χ0v) is 20.1. The average molecular weight is 495 g/mol. The van der Waals surface area contributed by atoms with Crippen LogP contribution in [-0.4, -0.2) is 33.0 Å². The number of nitrogens with one attached hydrogen (secondary N) is 1. The molecule has 1 unspecified atom stereocenters. The third kappa shape index (κ3) is 6.24. The number of amides is 1. The number of carbonyl (C=O) groups excluding carboxylic acids is 1. The number of rotatable bonds is 9. The first kappa shape index (κ1) is 24.4. The van der Waals surface area contributed by atoms with Crippen LogP contribution in [0.2, 0.25) is 0 Å². The minimum absolute atomic E-state index is 0.229. The molecule has 6 nitrogen and oxygen atoms in total. The van der Waals surface area contributed by atoms with Crippen molar-refractivity contribution >= 4 is 17.7 Å². The Hall–Kier alpha value is -3.72. The molecule has 0 spiro atoms. The van der Waals surface area contributed by atoms with Crippen molar-refractivity contribution in [1.82, 2.24) is 20.1 Å². The largest absolute Gasteiger partial charge is 0.493 e. The summed E-state index contributed by atoms with van der Waals surface area (Å²) in [5.41, 5.74) is 2.28. The van der Waals surface area contributed by atoms with Crippen LogP contribution in [0.1, 0.15) is 29.1 Å². The van der Waals surface area contributed by atoms with Crippen molar-refractivity contribution in [3.8, 4) is 16.9 Å². The molecule has 1 amide bonds. The second-order valence-electron chi connectivity index (χ2n) is 7.83. The smallest absolute Gasteiger partial charge is 0.251 e. The molecular formula is C26H24F2N4O2S. The number of benzene rings is 3. The number of ether oxygens (including phenoxy) is 1. The fourth-order valence-electron chi connectivity index (χ4n) is 3.45. The molecule has 180 valence electrons. The van der Waals surface area contributed by atoms with Gasteiger partial charge < -0.3 is 14.6 Å². The van der Waals surface area contributed by atoms with Crippen LogP contribution >= 0.6 is 11.8 Å². The highest BCUT2D eigenvalue weighted by Crippen LogP contribution is 2.22. The molecule has 1 atom stereocenters. The van der Waals surface area contributed by atoms with E-state index < -0.39 is 0 Å². The first-order chi connectivity index (χ1) is 16.9. The molecule has 0 saturated carbocycles. The summed E-state index contributed by atoms with van der Waals surface area (Å²) in [5, 5.41) is 12.1. The topological polar surface area (TPSA) is 69.0 Å². The van der Waals surface area contributed by atoms with Crippen LogP contribution in [0.3, 0.4) is 0 Å². The number of hydrogen-bond donors (Lipinski definition) is 1. The van der Waals surface area contributed by atoms with Gasteiger partial charge in [0.25, 0.3) is 5.91 Å². The first-order valence-electron chi connectivity index (χ1n) is 11.0. The Labute approximate surface area is 206 Å². The van der Waals surface area contributed by atoms with Crippen LogP contribution in [0.25, 0.3) is 11.1 Å². The van der Waals surface area contributed by atoms with Gasteiger partial charge in [-0.05, 0) is 66.6 Å². The van der Waals surface area contributed by atoms with Crippen molar-refractivity contribution in [2.45, 2.75) is 18.1 Å².